The van der Waals surface area contributed by atoms with Crippen molar-refractivity contribution in [1.82, 2.24) is 19.5 Å². The smallest absolute Gasteiger partial charge is 0.164 e. The maximum absolute atomic E-state index is 5.21. The van der Waals surface area contributed by atoms with Crippen LogP contribution in [-0.4, -0.2) is 19.5 Å². The Kier molecular flexibility index (Phi) is 6.94. The van der Waals surface area contributed by atoms with Crippen molar-refractivity contribution in [2.24, 2.45) is 0 Å². The largest absolute Gasteiger partial charge is 0.309 e. The van der Waals surface area contributed by atoms with Gasteiger partial charge < -0.3 is 4.57 Å². The molecule has 2 heterocycles. The van der Waals surface area contributed by atoms with E-state index in [-0.39, 0.29) is 5.41 Å². The molecule has 0 radical (unpaired) electrons. The summed E-state index contributed by atoms with van der Waals surface area (Å²) in [5, 5.41) is 9.62. The minimum absolute atomic E-state index is 0.129. The quantitative estimate of drug-likeness (QED) is 0.180. The van der Waals surface area contributed by atoms with Crippen molar-refractivity contribution in [3.05, 3.63) is 193 Å². The van der Waals surface area contributed by atoms with Crippen LogP contribution < -0.4 is 0 Å². The minimum Gasteiger partial charge on any atom is -0.309 e. The Balaban J connectivity index is 1.09. The lowest BCUT2D eigenvalue weighted by atomic mass is 9.68. The van der Waals surface area contributed by atoms with Gasteiger partial charge in [0, 0.05) is 44.1 Å². The van der Waals surface area contributed by atoms with E-state index in [1.807, 2.05) is 0 Å². The molecule has 0 unspecified atom stereocenters. The van der Waals surface area contributed by atoms with Gasteiger partial charge in [0.25, 0.3) is 0 Å². The van der Waals surface area contributed by atoms with Crippen LogP contribution in [0.15, 0.2) is 182 Å². The summed E-state index contributed by atoms with van der Waals surface area (Å²) in [6.45, 7) is 4.72. The second-order valence-corrected chi connectivity index (χ2v) is 16.0. The van der Waals surface area contributed by atoms with Crippen LogP contribution >= 0.6 is 0 Å². The van der Waals surface area contributed by atoms with Gasteiger partial charge >= 0.3 is 0 Å². The molecule has 4 nitrogen and oxygen atoms in total. The average molecular weight is 741 g/mol. The third kappa shape index (κ3) is 4.72. The van der Waals surface area contributed by atoms with Crippen LogP contribution in [0, 0.1) is 0 Å². The van der Waals surface area contributed by atoms with Crippen LogP contribution in [0.5, 0.6) is 0 Å². The van der Waals surface area contributed by atoms with Crippen molar-refractivity contribution in [1.29, 1.82) is 0 Å². The van der Waals surface area contributed by atoms with E-state index in [0.29, 0.717) is 17.5 Å². The van der Waals surface area contributed by atoms with Crippen LogP contribution in [0.2, 0.25) is 0 Å². The van der Waals surface area contributed by atoms with E-state index in [2.05, 4.69) is 200 Å². The highest BCUT2D eigenvalue weighted by Gasteiger charge is 2.35. The number of rotatable bonds is 4. The molecule has 0 N–H and O–H groups in total. The number of nitrogens with zero attached hydrogens (tertiary/aromatic N) is 4. The normalized spacial score (nSPS) is 13.1. The number of para-hydroxylation sites is 1. The summed E-state index contributed by atoms with van der Waals surface area (Å²) in [5.41, 5.74) is 11.6. The molecule has 1 aliphatic carbocycles. The molecule has 9 aromatic carbocycles. The van der Waals surface area contributed by atoms with Gasteiger partial charge in [0.05, 0.1) is 11.0 Å². The SMILES string of the molecule is CC1(C)c2ccccc2-c2c3c1cccc3cc1c3ccccc3n(-c3ccc(-c4nc(-c5cccc6ccccc56)nc(-c5cccc6ccccc56)n4)cc3)c21. The Bertz CT molecular complexity index is 3370. The molecule has 0 fully saturated rings. The van der Waals surface area contributed by atoms with Crippen LogP contribution in [0.25, 0.3) is 105 Å². The molecule has 58 heavy (non-hydrogen) atoms. The van der Waals surface area contributed by atoms with Gasteiger partial charge in [-0.2, -0.15) is 0 Å². The molecule has 0 saturated heterocycles. The summed E-state index contributed by atoms with van der Waals surface area (Å²) < 4.78 is 2.46. The number of aromatic nitrogens is 4. The first-order valence-corrected chi connectivity index (χ1v) is 20.0. The van der Waals surface area contributed by atoms with Gasteiger partial charge in [-0.05, 0) is 85.4 Å². The van der Waals surface area contributed by atoms with Crippen LogP contribution in [0.3, 0.4) is 0 Å². The molecular formula is C54H36N4. The third-order valence-corrected chi connectivity index (χ3v) is 12.4. The predicted octanol–water partition coefficient (Wildman–Crippen LogP) is 13.7. The Morgan fingerprint density at radius 1 is 0.414 bits per heavy atom. The standard InChI is InChI=1S/C54H36N4/c1-54(2)45-25-9-7-22-43(45)49-48-36(18-13-26-46(48)54)32-44-40-21-8-10-27-47(40)58(50(44)49)37-30-28-35(29-31-37)51-55-52(41-23-11-16-33-14-3-5-19-38(33)41)57-53(56-51)42-24-12-17-34-15-4-6-20-39(34)42/h3-32H,1-2H3. The van der Waals surface area contributed by atoms with Crippen molar-refractivity contribution < 1.29 is 0 Å². The van der Waals surface area contributed by atoms with E-state index >= 15 is 0 Å². The second-order valence-electron chi connectivity index (χ2n) is 16.0. The number of hydrogen-bond donors (Lipinski definition) is 0. The first-order valence-electron chi connectivity index (χ1n) is 20.0. The Labute approximate surface area is 335 Å². The predicted molar refractivity (Wildman–Crippen MR) is 241 cm³/mol. The van der Waals surface area contributed by atoms with E-state index in [1.54, 1.807) is 0 Å². The van der Waals surface area contributed by atoms with Gasteiger partial charge in [-0.1, -0.05) is 159 Å². The lowest BCUT2D eigenvalue weighted by Crippen LogP contribution is -2.23. The van der Waals surface area contributed by atoms with Gasteiger partial charge in [0.1, 0.15) is 0 Å². The lowest BCUT2D eigenvalue weighted by Gasteiger charge is -2.35. The molecule has 0 amide bonds. The molecule has 0 atom stereocenters. The Hall–Kier alpha value is -7.43. The molecule has 2 aromatic heterocycles. The van der Waals surface area contributed by atoms with Crippen LogP contribution in [-0.2, 0) is 5.41 Å². The fourth-order valence-electron chi connectivity index (χ4n) is 9.69. The minimum atomic E-state index is -0.129. The average Bonchev–Trinajstić information content (AvgIpc) is 3.61. The summed E-state index contributed by atoms with van der Waals surface area (Å²) in [6.07, 6.45) is 0. The maximum Gasteiger partial charge on any atom is 0.164 e. The zero-order valence-electron chi connectivity index (χ0n) is 32.1. The zero-order chi connectivity index (χ0) is 38.5. The first kappa shape index (κ1) is 32.8. The van der Waals surface area contributed by atoms with Crippen molar-refractivity contribution in [2.45, 2.75) is 19.3 Å². The van der Waals surface area contributed by atoms with E-state index < -0.39 is 0 Å². The molecule has 11 aromatic rings. The third-order valence-electron chi connectivity index (χ3n) is 12.4. The molecular weight excluding hydrogens is 705 g/mol. The number of benzene rings is 9. The van der Waals surface area contributed by atoms with Crippen molar-refractivity contribution in [2.75, 3.05) is 0 Å². The van der Waals surface area contributed by atoms with Gasteiger partial charge in [-0.25, -0.2) is 15.0 Å². The molecule has 1 aliphatic rings. The highest BCUT2D eigenvalue weighted by molar-refractivity contribution is 6.23. The molecule has 0 saturated carbocycles. The lowest BCUT2D eigenvalue weighted by molar-refractivity contribution is 0.645. The molecule has 12 rings (SSSR count). The molecule has 4 heteroatoms. The summed E-state index contributed by atoms with van der Waals surface area (Å²) in [7, 11) is 0. The Morgan fingerprint density at radius 2 is 0.931 bits per heavy atom. The monoisotopic (exact) mass is 740 g/mol. The zero-order valence-corrected chi connectivity index (χ0v) is 32.1. The fraction of sp³-hybridized carbons (Fsp3) is 0.0556. The van der Waals surface area contributed by atoms with Crippen LogP contribution in [0.4, 0.5) is 0 Å². The Morgan fingerprint density at radius 3 is 1.64 bits per heavy atom. The van der Waals surface area contributed by atoms with Crippen LogP contribution in [0.1, 0.15) is 25.0 Å². The number of hydrogen-bond acceptors (Lipinski definition) is 3. The molecule has 0 spiro atoms. The molecule has 272 valence electrons. The highest BCUT2D eigenvalue weighted by atomic mass is 15.0. The maximum atomic E-state index is 5.21. The van der Waals surface area contributed by atoms with Crippen molar-refractivity contribution >= 4 is 54.1 Å². The summed E-state index contributed by atoms with van der Waals surface area (Å²) in [5.74, 6) is 1.94. The highest BCUT2D eigenvalue weighted by Crippen LogP contribution is 2.52. The van der Waals surface area contributed by atoms with E-state index in [4.69, 9.17) is 15.0 Å². The topological polar surface area (TPSA) is 43.6 Å². The van der Waals surface area contributed by atoms with Gasteiger partial charge in [0.2, 0.25) is 0 Å². The molecule has 0 bridgehead atoms. The van der Waals surface area contributed by atoms with Gasteiger partial charge in [0.15, 0.2) is 17.5 Å². The summed E-state index contributed by atoms with van der Waals surface area (Å²) >= 11 is 0. The fourth-order valence-corrected chi connectivity index (χ4v) is 9.69. The van der Waals surface area contributed by atoms with E-state index in [1.165, 1.54) is 54.8 Å². The van der Waals surface area contributed by atoms with Crippen molar-refractivity contribution in [3.8, 4) is 51.0 Å². The van der Waals surface area contributed by atoms with Gasteiger partial charge in [-0.15, -0.1) is 0 Å². The van der Waals surface area contributed by atoms with Gasteiger partial charge in [-0.3, -0.25) is 0 Å². The van der Waals surface area contributed by atoms with Crippen molar-refractivity contribution in [3.63, 3.8) is 0 Å². The first-order chi connectivity index (χ1) is 28.5. The van der Waals surface area contributed by atoms with E-state index in [9.17, 15) is 0 Å². The van der Waals surface area contributed by atoms with E-state index in [0.717, 1.165) is 43.9 Å². The summed E-state index contributed by atoms with van der Waals surface area (Å²) in [6, 6.07) is 65.3. The second kappa shape index (κ2) is 12.3. The molecule has 0 aliphatic heterocycles. The number of fused-ring (bicyclic) bond motifs is 8. The summed E-state index contributed by atoms with van der Waals surface area (Å²) in [4.78, 5) is 15.6.